The van der Waals surface area contributed by atoms with Crippen molar-refractivity contribution in [2.75, 3.05) is 71.0 Å². The number of anilines is 1. The number of hydrogen-bond donors (Lipinski definition) is 3. The molecule has 7 rings (SSSR count). The molecule has 0 radical (unpaired) electrons. The maximum Gasteiger partial charge on any atom is 0.410 e. The summed E-state index contributed by atoms with van der Waals surface area (Å²) in [6, 6.07) is 13.6. The summed E-state index contributed by atoms with van der Waals surface area (Å²) in [7, 11) is 0. The van der Waals surface area contributed by atoms with Gasteiger partial charge in [-0.05, 0) is 74.3 Å². The van der Waals surface area contributed by atoms with Crippen LogP contribution in [0, 0.1) is 0 Å². The Morgan fingerprint density at radius 2 is 1.56 bits per heavy atom. The van der Waals surface area contributed by atoms with Gasteiger partial charge in [-0.2, -0.15) is 0 Å². The van der Waals surface area contributed by atoms with Gasteiger partial charge in [0, 0.05) is 70.0 Å². The van der Waals surface area contributed by atoms with Crippen LogP contribution in [0.15, 0.2) is 42.5 Å². The summed E-state index contributed by atoms with van der Waals surface area (Å²) >= 11 is 0. The van der Waals surface area contributed by atoms with Gasteiger partial charge in [0.2, 0.25) is 0 Å². The number of piperidine rings is 3. The van der Waals surface area contributed by atoms with Gasteiger partial charge < -0.3 is 49.3 Å². The molecule has 13 heteroatoms. The number of likely N-dealkylation sites (tertiary alicyclic amines) is 3. The molecule has 3 fully saturated rings. The number of aliphatic hydroxyl groups excluding tert-OH is 1. The van der Waals surface area contributed by atoms with E-state index in [1.807, 2.05) is 52.3 Å². The van der Waals surface area contributed by atoms with Crippen molar-refractivity contribution in [2.45, 2.75) is 75.2 Å². The number of benzene rings is 2. The number of urea groups is 1. The van der Waals surface area contributed by atoms with Gasteiger partial charge in [0.1, 0.15) is 13.2 Å². The van der Waals surface area contributed by atoms with Crippen molar-refractivity contribution in [1.82, 2.24) is 19.6 Å². The van der Waals surface area contributed by atoms with Crippen LogP contribution in [0.2, 0.25) is 0 Å². The highest BCUT2D eigenvalue weighted by Crippen LogP contribution is 2.32. The number of aliphatic hydroxyl groups is 2. The monoisotopic (exact) mass is 691 g/mol. The van der Waals surface area contributed by atoms with E-state index in [4.69, 9.17) is 14.2 Å². The van der Waals surface area contributed by atoms with E-state index in [1.165, 1.54) is 0 Å². The summed E-state index contributed by atoms with van der Waals surface area (Å²) in [5, 5.41) is 23.0. The van der Waals surface area contributed by atoms with E-state index in [9.17, 15) is 24.6 Å². The minimum atomic E-state index is -1.01. The number of nitrogens with zero attached hydrogens (tertiary/aromatic N) is 4. The summed E-state index contributed by atoms with van der Waals surface area (Å²) < 4.78 is 17.5. The lowest BCUT2D eigenvalue weighted by atomic mass is 9.90. The molecular weight excluding hydrogens is 642 g/mol. The second-order valence-electron chi connectivity index (χ2n) is 14.3. The molecule has 270 valence electrons. The number of amides is 4. The molecule has 4 amide bonds. The number of nitrogens with one attached hydrogen (secondary N) is 1. The predicted molar refractivity (Wildman–Crippen MR) is 184 cm³/mol. The molecule has 3 saturated heterocycles. The Morgan fingerprint density at radius 1 is 0.880 bits per heavy atom. The van der Waals surface area contributed by atoms with Gasteiger partial charge >= 0.3 is 12.1 Å². The lowest BCUT2D eigenvalue weighted by Gasteiger charge is -2.44. The van der Waals surface area contributed by atoms with Crippen molar-refractivity contribution in [2.24, 2.45) is 0 Å². The largest absolute Gasteiger partial charge is 0.486 e. The van der Waals surface area contributed by atoms with Crippen molar-refractivity contribution in [1.29, 1.82) is 0 Å². The van der Waals surface area contributed by atoms with E-state index in [2.05, 4.69) is 10.2 Å². The third kappa shape index (κ3) is 7.64. The molecule has 0 saturated carbocycles. The van der Waals surface area contributed by atoms with Crippen LogP contribution in [0.25, 0.3) is 0 Å². The first-order valence-corrected chi connectivity index (χ1v) is 18.1. The van der Waals surface area contributed by atoms with Gasteiger partial charge in [0.05, 0.1) is 12.2 Å². The van der Waals surface area contributed by atoms with Gasteiger partial charge in [-0.15, -0.1) is 0 Å². The maximum absolute atomic E-state index is 14.1. The quantitative estimate of drug-likeness (QED) is 0.400. The Balaban J connectivity index is 0.976. The molecule has 50 heavy (non-hydrogen) atoms. The van der Waals surface area contributed by atoms with Crippen molar-refractivity contribution in [3.05, 3.63) is 53.6 Å². The van der Waals surface area contributed by atoms with E-state index in [0.717, 1.165) is 36.1 Å². The maximum atomic E-state index is 14.1. The number of hydrogen-bond acceptors (Lipinski definition) is 9. The fourth-order valence-electron chi connectivity index (χ4n) is 8.02. The summed E-state index contributed by atoms with van der Waals surface area (Å²) in [6.45, 7) is 4.70. The molecule has 5 aliphatic rings. The van der Waals surface area contributed by atoms with Gasteiger partial charge in [-0.1, -0.05) is 24.3 Å². The molecule has 0 aromatic heterocycles. The smallest absolute Gasteiger partial charge is 0.410 e. The van der Waals surface area contributed by atoms with Gasteiger partial charge in [0.15, 0.2) is 17.6 Å². The highest BCUT2D eigenvalue weighted by Gasteiger charge is 2.38. The Bertz CT molecular complexity index is 1530. The van der Waals surface area contributed by atoms with Crippen molar-refractivity contribution >= 4 is 23.7 Å². The Kier molecular flexibility index (Phi) is 10.3. The second-order valence-corrected chi connectivity index (χ2v) is 14.3. The number of para-hydroxylation sites is 1. The van der Waals surface area contributed by atoms with E-state index in [-0.39, 0.29) is 31.0 Å². The van der Waals surface area contributed by atoms with Crippen molar-refractivity contribution in [3.63, 3.8) is 0 Å². The molecular formula is C37H49N5O8. The molecule has 0 bridgehead atoms. The Labute approximate surface area is 293 Å². The minimum absolute atomic E-state index is 0.00198. The first-order valence-electron chi connectivity index (χ1n) is 18.1. The minimum Gasteiger partial charge on any atom is -0.486 e. The predicted octanol–water partition coefficient (Wildman–Crippen LogP) is 2.87. The average molecular weight is 692 g/mol. The highest BCUT2D eigenvalue weighted by molar-refractivity contribution is 5.91. The van der Waals surface area contributed by atoms with Crippen LogP contribution in [0.5, 0.6) is 11.5 Å². The SMILES string of the molecule is O=C(O[C@H](Cc1ccc2c(c1)OCCO2)C(=O)N1CCC(N2CCC(O)(CO)CC2)CC1)N1CCC(N2CCc3ccccc3NC2=O)CC1. The molecule has 2 aromatic carbocycles. The molecule has 1 atom stereocenters. The van der Waals surface area contributed by atoms with Gasteiger partial charge in [-0.25, -0.2) is 9.59 Å². The van der Waals surface area contributed by atoms with Crippen LogP contribution >= 0.6 is 0 Å². The zero-order valence-corrected chi connectivity index (χ0v) is 28.6. The molecule has 5 heterocycles. The first-order chi connectivity index (χ1) is 24.3. The Hall–Kier alpha value is -4.07. The van der Waals surface area contributed by atoms with Crippen LogP contribution in [0.1, 0.15) is 49.7 Å². The molecule has 2 aromatic rings. The van der Waals surface area contributed by atoms with E-state index in [1.54, 1.807) is 4.90 Å². The van der Waals surface area contributed by atoms with Crippen molar-refractivity contribution in [3.8, 4) is 11.5 Å². The van der Waals surface area contributed by atoms with Crippen LogP contribution in [-0.4, -0.2) is 137 Å². The van der Waals surface area contributed by atoms with Crippen LogP contribution in [-0.2, 0) is 22.4 Å². The zero-order chi connectivity index (χ0) is 34.7. The van der Waals surface area contributed by atoms with Crippen LogP contribution < -0.4 is 14.8 Å². The fourth-order valence-corrected chi connectivity index (χ4v) is 8.02. The summed E-state index contributed by atoms with van der Waals surface area (Å²) in [5.74, 6) is 1.06. The Morgan fingerprint density at radius 3 is 2.30 bits per heavy atom. The van der Waals surface area contributed by atoms with Gasteiger partial charge in [0.25, 0.3) is 5.91 Å². The van der Waals surface area contributed by atoms with E-state index >= 15 is 0 Å². The first kappa shape index (κ1) is 34.4. The fraction of sp³-hybridized carbons (Fsp3) is 0.595. The highest BCUT2D eigenvalue weighted by atomic mass is 16.6. The number of carbonyl (C=O) groups is 3. The third-order valence-electron chi connectivity index (χ3n) is 11.2. The molecule has 3 N–H and O–H groups in total. The van der Waals surface area contributed by atoms with Crippen molar-refractivity contribution < 1.29 is 38.8 Å². The third-order valence-corrected chi connectivity index (χ3v) is 11.2. The lowest BCUT2D eigenvalue weighted by molar-refractivity contribution is -0.143. The van der Waals surface area contributed by atoms with E-state index < -0.39 is 17.8 Å². The van der Waals surface area contributed by atoms with Crippen LogP contribution in [0.4, 0.5) is 15.3 Å². The molecule has 0 spiro atoms. The normalized spacial score (nSPS) is 22.3. The van der Waals surface area contributed by atoms with E-state index in [0.29, 0.717) is 102 Å². The zero-order valence-electron chi connectivity index (χ0n) is 28.6. The number of rotatable bonds is 7. The molecule has 13 nitrogen and oxygen atoms in total. The number of fused-ring (bicyclic) bond motifs is 2. The summed E-state index contributed by atoms with van der Waals surface area (Å²) in [5.41, 5.74) is 1.78. The summed E-state index contributed by atoms with van der Waals surface area (Å²) in [4.78, 5) is 48.6. The molecule has 0 unspecified atom stereocenters. The topological polar surface area (TPSA) is 144 Å². The molecule has 5 aliphatic heterocycles. The standard InChI is InChI=1S/C37H49N5O8/c43-25-37(47)12-19-39(20-13-37)28-8-14-40(15-9-28)34(44)33(24-26-5-6-31-32(23-26)49-22-21-48-31)50-36(46)41-16-10-29(11-17-41)42-18-7-27-3-1-2-4-30(27)38-35(42)45/h1-6,23,28-29,33,43,47H,7-22,24-25H2,(H,38,45)/t33-/m1/s1. The molecule has 0 aliphatic carbocycles. The summed E-state index contributed by atoms with van der Waals surface area (Å²) in [6.07, 6.45) is 3.34. The number of carbonyl (C=O) groups excluding carboxylic acids is 3. The number of ether oxygens (including phenoxy) is 3. The van der Waals surface area contributed by atoms with Gasteiger partial charge in [-0.3, -0.25) is 4.79 Å². The lowest BCUT2D eigenvalue weighted by Crippen LogP contribution is -2.54. The second kappa shape index (κ2) is 15.0. The average Bonchev–Trinajstić information content (AvgIpc) is 3.32. The van der Waals surface area contributed by atoms with Crippen LogP contribution in [0.3, 0.4) is 0 Å².